The lowest BCUT2D eigenvalue weighted by Gasteiger charge is -2.35. The molecule has 25 heavy (non-hydrogen) atoms. The van der Waals surface area contributed by atoms with Crippen LogP contribution in [-0.4, -0.2) is 26.8 Å². The van der Waals surface area contributed by atoms with Gasteiger partial charge in [0.2, 0.25) is 0 Å². The van der Waals surface area contributed by atoms with Crippen molar-refractivity contribution in [1.82, 2.24) is 5.32 Å². The van der Waals surface area contributed by atoms with Gasteiger partial charge in [-0.3, -0.25) is 4.90 Å². The van der Waals surface area contributed by atoms with Gasteiger partial charge in [0.15, 0.2) is 0 Å². The molecule has 5 heteroatoms. The van der Waals surface area contributed by atoms with Crippen LogP contribution in [0.4, 0.5) is 10.5 Å². The maximum absolute atomic E-state index is 12.7. The van der Waals surface area contributed by atoms with E-state index in [0.717, 1.165) is 34.9 Å². The molecule has 0 bridgehead atoms. The monoisotopic (exact) mass is 338 g/mol. The summed E-state index contributed by atoms with van der Waals surface area (Å²) in [7, 11) is 3.31. The van der Waals surface area contributed by atoms with Crippen LogP contribution in [0.25, 0.3) is 0 Å². The number of anilines is 1. The van der Waals surface area contributed by atoms with Crippen molar-refractivity contribution in [2.75, 3.05) is 25.7 Å². The summed E-state index contributed by atoms with van der Waals surface area (Å²) in [4.78, 5) is 14.6. The molecule has 0 saturated heterocycles. The number of urea groups is 1. The van der Waals surface area contributed by atoms with Crippen LogP contribution in [-0.2, 0) is 0 Å². The first-order chi connectivity index (χ1) is 12.2. The fourth-order valence-corrected chi connectivity index (χ4v) is 3.32. The first-order valence-electron chi connectivity index (χ1n) is 8.59. The van der Waals surface area contributed by atoms with Crippen molar-refractivity contribution in [3.63, 3.8) is 0 Å². The van der Waals surface area contributed by atoms with Crippen molar-refractivity contribution in [3.8, 4) is 11.5 Å². The van der Waals surface area contributed by atoms with Crippen LogP contribution in [0, 0.1) is 5.92 Å². The number of carbonyl (C=O) groups excluding carboxylic acids is 1. The molecule has 1 aliphatic heterocycles. The number of hydrogen-bond donors (Lipinski definition) is 1. The summed E-state index contributed by atoms with van der Waals surface area (Å²) >= 11 is 0. The molecule has 1 atom stereocenters. The number of fused-ring (bicyclic) bond motifs is 1. The highest BCUT2D eigenvalue weighted by Gasteiger charge is 2.35. The van der Waals surface area contributed by atoms with Crippen molar-refractivity contribution in [1.29, 1.82) is 0 Å². The second kappa shape index (κ2) is 6.31. The van der Waals surface area contributed by atoms with Gasteiger partial charge in [-0.05, 0) is 54.7 Å². The molecule has 1 unspecified atom stereocenters. The van der Waals surface area contributed by atoms with Gasteiger partial charge in [-0.2, -0.15) is 0 Å². The van der Waals surface area contributed by atoms with Crippen molar-refractivity contribution >= 4 is 11.7 Å². The number of rotatable bonds is 5. The highest BCUT2D eigenvalue weighted by Crippen LogP contribution is 2.40. The number of carbonyl (C=O) groups is 1. The Hall–Kier alpha value is -2.69. The predicted octanol–water partition coefficient (Wildman–Crippen LogP) is 3.73. The second-order valence-electron chi connectivity index (χ2n) is 6.63. The normalized spacial score (nSPS) is 19.2. The summed E-state index contributed by atoms with van der Waals surface area (Å²) in [5.74, 6) is 2.21. The van der Waals surface area contributed by atoms with E-state index in [1.165, 1.54) is 12.8 Å². The van der Waals surface area contributed by atoms with Gasteiger partial charge in [0.05, 0.1) is 25.9 Å². The van der Waals surface area contributed by atoms with Crippen LogP contribution < -0.4 is 19.7 Å². The van der Waals surface area contributed by atoms with E-state index >= 15 is 0 Å². The summed E-state index contributed by atoms with van der Waals surface area (Å²) in [5.41, 5.74) is 3.05. The standard InChI is InChI=1S/C20H22N2O3/c1-24-15-7-5-14(6-8-15)19-17-11-16(25-2)9-10-18(17)22(20(23)21-19)12-13-3-4-13/h5-11,13,19H,3-4,12H2,1-2H3,(H,21,23). The largest absolute Gasteiger partial charge is 0.497 e. The molecule has 1 saturated carbocycles. The Morgan fingerprint density at radius 2 is 1.72 bits per heavy atom. The fraction of sp³-hybridized carbons (Fsp3) is 0.350. The Morgan fingerprint density at radius 3 is 2.36 bits per heavy atom. The molecule has 4 rings (SSSR count). The molecule has 0 spiro atoms. The van der Waals surface area contributed by atoms with E-state index < -0.39 is 0 Å². The van der Waals surface area contributed by atoms with Gasteiger partial charge >= 0.3 is 6.03 Å². The Kier molecular flexibility index (Phi) is 3.99. The number of methoxy groups -OCH3 is 2. The summed E-state index contributed by atoms with van der Waals surface area (Å²) in [5, 5.41) is 3.15. The summed E-state index contributed by atoms with van der Waals surface area (Å²) in [6.07, 6.45) is 2.41. The summed E-state index contributed by atoms with van der Waals surface area (Å²) in [6.45, 7) is 0.778. The third kappa shape index (κ3) is 3.02. The summed E-state index contributed by atoms with van der Waals surface area (Å²) in [6, 6.07) is 13.5. The SMILES string of the molecule is COc1ccc(C2NC(=O)N(CC3CC3)c3ccc(OC)cc32)cc1. The molecule has 2 aromatic carbocycles. The minimum absolute atomic E-state index is 0.0367. The minimum atomic E-state index is -0.195. The van der Waals surface area contributed by atoms with Crippen LogP contribution in [0.1, 0.15) is 30.0 Å². The molecular formula is C20H22N2O3. The van der Waals surface area contributed by atoms with Crippen molar-refractivity contribution < 1.29 is 14.3 Å². The van der Waals surface area contributed by atoms with Gasteiger partial charge < -0.3 is 14.8 Å². The van der Waals surface area contributed by atoms with E-state index in [1.54, 1.807) is 14.2 Å². The van der Waals surface area contributed by atoms with Crippen molar-refractivity contribution in [3.05, 3.63) is 53.6 Å². The zero-order valence-electron chi connectivity index (χ0n) is 14.5. The number of amides is 2. The Balaban J connectivity index is 1.75. The molecule has 2 amide bonds. The van der Waals surface area contributed by atoms with Crippen molar-refractivity contribution in [2.24, 2.45) is 5.92 Å². The molecule has 1 fully saturated rings. The average molecular weight is 338 g/mol. The molecular weight excluding hydrogens is 316 g/mol. The molecule has 130 valence electrons. The highest BCUT2D eigenvalue weighted by atomic mass is 16.5. The summed E-state index contributed by atoms with van der Waals surface area (Å²) < 4.78 is 10.6. The molecule has 2 aliphatic rings. The van der Waals surface area contributed by atoms with E-state index in [-0.39, 0.29) is 12.1 Å². The molecule has 1 N–H and O–H groups in total. The van der Waals surface area contributed by atoms with Crippen LogP contribution >= 0.6 is 0 Å². The Morgan fingerprint density at radius 1 is 1.04 bits per heavy atom. The first-order valence-corrected chi connectivity index (χ1v) is 8.59. The Labute approximate surface area is 147 Å². The van der Waals surface area contributed by atoms with E-state index in [4.69, 9.17) is 9.47 Å². The number of hydrogen-bond acceptors (Lipinski definition) is 3. The van der Waals surface area contributed by atoms with Gasteiger partial charge in [0.1, 0.15) is 11.5 Å². The third-order valence-electron chi connectivity index (χ3n) is 4.94. The van der Waals surface area contributed by atoms with Crippen molar-refractivity contribution in [2.45, 2.75) is 18.9 Å². The lowest BCUT2D eigenvalue weighted by atomic mass is 9.94. The quantitative estimate of drug-likeness (QED) is 0.904. The van der Waals surface area contributed by atoms with Crippen LogP contribution in [0.15, 0.2) is 42.5 Å². The third-order valence-corrected chi connectivity index (χ3v) is 4.94. The number of benzene rings is 2. The molecule has 0 radical (unpaired) electrons. The van der Waals surface area contributed by atoms with Crippen LogP contribution in [0.5, 0.6) is 11.5 Å². The van der Waals surface area contributed by atoms with Gasteiger partial charge in [-0.25, -0.2) is 4.79 Å². The maximum Gasteiger partial charge on any atom is 0.322 e. The lowest BCUT2D eigenvalue weighted by Crippen LogP contribution is -2.47. The zero-order valence-corrected chi connectivity index (χ0v) is 14.5. The van der Waals surface area contributed by atoms with Gasteiger partial charge in [-0.1, -0.05) is 12.1 Å². The minimum Gasteiger partial charge on any atom is -0.497 e. The first kappa shape index (κ1) is 15.8. The van der Waals surface area contributed by atoms with Gasteiger partial charge in [0, 0.05) is 12.1 Å². The van der Waals surface area contributed by atoms with Gasteiger partial charge in [-0.15, -0.1) is 0 Å². The average Bonchev–Trinajstić information content (AvgIpc) is 3.47. The van der Waals surface area contributed by atoms with Crippen LogP contribution in [0.3, 0.4) is 0 Å². The molecule has 5 nitrogen and oxygen atoms in total. The number of nitrogens with zero attached hydrogens (tertiary/aromatic N) is 1. The maximum atomic E-state index is 12.7. The van der Waals surface area contributed by atoms with Gasteiger partial charge in [0.25, 0.3) is 0 Å². The van der Waals surface area contributed by atoms with E-state index in [1.807, 2.05) is 47.4 Å². The van der Waals surface area contributed by atoms with E-state index in [9.17, 15) is 4.79 Å². The van der Waals surface area contributed by atoms with E-state index in [0.29, 0.717) is 5.92 Å². The number of ether oxygens (including phenoxy) is 2. The smallest absolute Gasteiger partial charge is 0.322 e. The zero-order chi connectivity index (χ0) is 17.4. The Bertz CT molecular complexity index is 784. The van der Waals surface area contributed by atoms with Crippen LogP contribution in [0.2, 0.25) is 0 Å². The number of nitrogens with one attached hydrogen (secondary N) is 1. The molecule has 0 aromatic heterocycles. The topological polar surface area (TPSA) is 50.8 Å². The molecule has 2 aromatic rings. The fourth-order valence-electron chi connectivity index (χ4n) is 3.32. The van der Waals surface area contributed by atoms with E-state index in [2.05, 4.69) is 5.32 Å². The molecule has 1 heterocycles. The lowest BCUT2D eigenvalue weighted by molar-refractivity contribution is 0.242. The second-order valence-corrected chi connectivity index (χ2v) is 6.63. The molecule has 1 aliphatic carbocycles. The highest BCUT2D eigenvalue weighted by molar-refractivity contribution is 5.96. The predicted molar refractivity (Wildman–Crippen MR) is 96.4 cm³/mol.